The molecule has 5 fully saturated rings. The number of nitriles is 1. The molecule has 9 nitrogen and oxygen atoms in total. The van der Waals surface area contributed by atoms with Crippen molar-refractivity contribution in [1.82, 2.24) is 15.0 Å². The van der Waals surface area contributed by atoms with Crippen LogP contribution in [0, 0.1) is 34.5 Å². The molecule has 4 atom stereocenters. The van der Waals surface area contributed by atoms with E-state index < -0.39 is 0 Å². The van der Waals surface area contributed by atoms with Gasteiger partial charge in [0, 0.05) is 36.7 Å². The van der Waals surface area contributed by atoms with Crippen LogP contribution >= 0.6 is 0 Å². The van der Waals surface area contributed by atoms with Crippen LogP contribution in [0.5, 0.6) is 5.88 Å². The summed E-state index contributed by atoms with van der Waals surface area (Å²) in [6.07, 6.45) is 9.12. The van der Waals surface area contributed by atoms with Crippen LogP contribution in [-0.4, -0.2) is 47.6 Å². The summed E-state index contributed by atoms with van der Waals surface area (Å²) >= 11 is 0. The molecule has 0 aromatic carbocycles. The van der Waals surface area contributed by atoms with Crippen molar-refractivity contribution in [3.8, 4) is 11.9 Å². The molecule has 4 bridgehead atoms. The Morgan fingerprint density at radius 1 is 1.15 bits per heavy atom. The highest BCUT2D eigenvalue weighted by molar-refractivity contribution is 5.53. The maximum atomic E-state index is 9.64. The summed E-state index contributed by atoms with van der Waals surface area (Å²) in [5, 5.41) is 16.4. The van der Waals surface area contributed by atoms with Crippen molar-refractivity contribution in [3.63, 3.8) is 0 Å². The number of nitrogens with zero attached hydrogens (tertiary/aromatic N) is 4. The Labute approximate surface area is 199 Å². The molecule has 2 aromatic heterocycles. The quantitative estimate of drug-likeness (QED) is 0.639. The molecule has 4 aliphatic carbocycles. The minimum atomic E-state index is -0.336. The van der Waals surface area contributed by atoms with E-state index in [9.17, 15) is 5.26 Å². The lowest BCUT2D eigenvalue weighted by Gasteiger charge is -2.63. The summed E-state index contributed by atoms with van der Waals surface area (Å²) in [5.41, 5.74) is 1.56. The average Bonchev–Trinajstić information content (AvgIpc) is 3.36. The Kier molecular flexibility index (Phi) is 5.30. The van der Waals surface area contributed by atoms with Gasteiger partial charge in [0.2, 0.25) is 11.8 Å². The summed E-state index contributed by atoms with van der Waals surface area (Å²) in [4.78, 5) is 13.2. The van der Waals surface area contributed by atoms with Gasteiger partial charge in [0.15, 0.2) is 5.79 Å². The highest BCUT2D eigenvalue weighted by Gasteiger charge is 2.64. The number of pyridine rings is 1. The van der Waals surface area contributed by atoms with Crippen LogP contribution in [0.4, 0.5) is 11.8 Å². The van der Waals surface area contributed by atoms with E-state index in [1.807, 2.05) is 12.1 Å². The molecular formula is C25H30N6O3. The van der Waals surface area contributed by atoms with E-state index in [1.165, 1.54) is 19.3 Å². The molecule has 0 amide bonds. The maximum Gasteiger partial charge on any atom is 0.224 e. The first kappa shape index (κ1) is 21.6. The number of nitrogens with one attached hydrogen (secondary N) is 2. The van der Waals surface area contributed by atoms with E-state index in [2.05, 4.69) is 31.7 Å². The van der Waals surface area contributed by atoms with E-state index in [4.69, 9.17) is 14.2 Å². The van der Waals surface area contributed by atoms with Crippen LogP contribution in [0.25, 0.3) is 0 Å². The van der Waals surface area contributed by atoms with Crippen molar-refractivity contribution >= 4 is 11.8 Å². The van der Waals surface area contributed by atoms with Crippen LogP contribution in [0.3, 0.4) is 0 Å². The predicted octanol–water partition coefficient (Wildman–Crippen LogP) is 3.35. The fourth-order valence-electron chi connectivity index (χ4n) is 7.09. The Bertz CT molecular complexity index is 1090. The Morgan fingerprint density at radius 2 is 1.94 bits per heavy atom. The largest absolute Gasteiger partial charge is 0.481 e. The van der Waals surface area contributed by atoms with Gasteiger partial charge in [-0.1, -0.05) is 6.07 Å². The summed E-state index contributed by atoms with van der Waals surface area (Å²) in [5.74, 6) is 2.95. The Balaban J connectivity index is 1.16. The van der Waals surface area contributed by atoms with Gasteiger partial charge in [-0.25, -0.2) is 9.97 Å². The van der Waals surface area contributed by atoms with E-state index in [0.29, 0.717) is 41.6 Å². The smallest absolute Gasteiger partial charge is 0.224 e. The third kappa shape index (κ3) is 3.56. The molecule has 1 aliphatic heterocycles. The molecular weight excluding hydrogens is 432 g/mol. The summed E-state index contributed by atoms with van der Waals surface area (Å²) in [6.45, 7) is 2.71. The Hall–Kier alpha value is -2.96. The first-order valence-corrected chi connectivity index (χ1v) is 12.1. The SMILES string of the molecule is COc1ncccc1CNc1ncc(C#N)c(NC[C@]23CC4C[C@H](C2)C2(OCCO2)[C@@H](C4)C3)n1. The van der Waals surface area contributed by atoms with Crippen LogP contribution in [0.1, 0.15) is 43.2 Å². The molecule has 7 rings (SSSR count). The monoisotopic (exact) mass is 462 g/mol. The van der Waals surface area contributed by atoms with Gasteiger partial charge in [-0.15, -0.1) is 0 Å². The lowest BCUT2D eigenvalue weighted by Crippen LogP contribution is -2.62. The van der Waals surface area contributed by atoms with Gasteiger partial charge in [0.1, 0.15) is 17.5 Å². The van der Waals surface area contributed by atoms with Crippen molar-refractivity contribution in [2.75, 3.05) is 37.5 Å². The van der Waals surface area contributed by atoms with Gasteiger partial charge in [-0.3, -0.25) is 0 Å². The van der Waals surface area contributed by atoms with Crippen molar-refractivity contribution < 1.29 is 14.2 Å². The van der Waals surface area contributed by atoms with E-state index >= 15 is 0 Å². The van der Waals surface area contributed by atoms with Crippen molar-refractivity contribution in [2.45, 2.75) is 44.4 Å². The van der Waals surface area contributed by atoms with E-state index in [1.54, 1.807) is 19.5 Å². The fourth-order valence-corrected chi connectivity index (χ4v) is 7.09. The third-order valence-corrected chi connectivity index (χ3v) is 8.21. The molecule has 3 heterocycles. The van der Waals surface area contributed by atoms with Crippen molar-refractivity contribution in [2.24, 2.45) is 23.2 Å². The van der Waals surface area contributed by atoms with Crippen LogP contribution in [0.15, 0.2) is 24.5 Å². The molecule has 4 saturated carbocycles. The molecule has 1 unspecified atom stereocenters. The van der Waals surface area contributed by atoms with Crippen molar-refractivity contribution in [1.29, 1.82) is 5.26 Å². The fraction of sp³-hybridized carbons (Fsp3) is 0.600. The first-order chi connectivity index (χ1) is 16.6. The van der Waals surface area contributed by atoms with Crippen molar-refractivity contribution in [3.05, 3.63) is 35.7 Å². The minimum absolute atomic E-state index is 0.200. The van der Waals surface area contributed by atoms with Gasteiger partial charge in [0.05, 0.1) is 26.5 Å². The number of hydrogen-bond donors (Lipinski definition) is 2. The van der Waals surface area contributed by atoms with Gasteiger partial charge < -0.3 is 24.8 Å². The molecule has 9 heteroatoms. The zero-order valence-corrected chi connectivity index (χ0v) is 19.4. The number of hydrogen-bond acceptors (Lipinski definition) is 9. The maximum absolute atomic E-state index is 9.64. The van der Waals surface area contributed by atoms with Crippen LogP contribution in [-0.2, 0) is 16.0 Å². The van der Waals surface area contributed by atoms with Gasteiger partial charge in [-0.2, -0.15) is 10.2 Å². The lowest BCUT2D eigenvalue weighted by atomic mass is 9.47. The molecule has 1 spiro atoms. The first-order valence-electron chi connectivity index (χ1n) is 12.1. The van der Waals surface area contributed by atoms with Gasteiger partial charge in [-0.05, 0) is 49.5 Å². The zero-order chi connectivity index (χ0) is 23.2. The molecule has 34 heavy (non-hydrogen) atoms. The van der Waals surface area contributed by atoms with Gasteiger partial charge >= 0.3 is 0 Å². The van der Waals surface area contributed by atoms with E-state index in [-0.39, 0.29) is 11.2 Å². The number of anilines is 2. The summed E-state index contributed by atoms with van der Waals surface area (Å²) in [6, 6.07) is 6.04. The topological polar surface area (TPSA) is 114 Å². The minimum Gasteiger partial charge on any atom is -0.481 e. The molecule has 0 radical (unpaired) electrons. The number of methoxy groups -OCH3 is 1. The van der Waals surface area contributed by atoms with Crippen LogP contribution in [0.2, 0.25) is 0 Å². The average molecular weight is 463 g/mol. The zero-order valence-electron chi connectivity index (χ0n) is 19.4. The highest BCUT2D eigenvalue weighted by Crippen LogP contribution is 2.65. The third-order valence-electron chi connectivity index (χ3n) is 8.21. The molecule has 1 saturated heterocycles. The van der Waals surface area contributed by atoms with E-state index in [0.717, 1.165) is 44.1 Å². The number of rotatable bonds is 7. The Morgan fingerprint density at radius 3 is 2.68 bits per heavy atom. The second-order valence-corrected chi connectivity index (χ2v) is 10.2. The summed E-state index contributed by atoms with van der Waals surface area (Å²) in [7, 11) is 1.60. The molecule has 5 aliphatic rings. The van der Waals surface area contributed by atoms with Gasteiger partial charge in [0.25, 0.3) is 0 Å². The number of aromatic nitrogens is 3. The molecule has 178 valence electrons. The molecule has 2 aromatic rings. The normalized spacial score (nSPS) is 30.3. The lowest BCUT2D eigenvalue weighted by molar-refractivity contribution is -0.301. The number of ether oxygens (including phenoxy) is 3. The highest BCUT2D eigenvalue weighted by atomic mass is 16.7. The second kappa shape index (κ2) is 8.36. The molecule has 2 N–H and O–H groups in total. The standard InChI is InChI=1S/C25H30N6O3/c1-32-22-17(3-2-4-27-22)13-28-23-29-14-18(12-26)21(31-23)30-15-24-9-16-7-19(10-24)25(20(8-16)11-24)33-5-6-34-25/h2-4,14,16,19-20H,5-11,13,15H2,1H3,(H2,28,29,30,31)/t16?,19-,20+,24-. The predicted molar refractivity (Wildman–Crippen MR) is 124 cm³/mol. The summed E-state index contributed by atoms with van der Waals surface area (Å²) < 4.78 is 17.8. The van der Waals surface area contributed by atoms with Crippen LogP contribution < -0.4 is 15.4 Å². The second-order valence-electron chi connectivity index (χ2n) is 10.2.